The first kappa shape index (κ1) is 26.4. The van der Waals surface area contributed by atoms with Crippen molar-refractivity contribution in [2.45, 2.75) is 53.6 Å². The van der Waals surface area contributed by atoms with Crippen molar-refractivity contribution in [1.82, 2.24) is 10.2 Å². The fraction of sp³-hybridized carbons (Fsp3) is 0.481. The number of amides is 2. The van der Waals surface area contributed by atoms with E-state index in [9.17, 15) is 9.59 Å². The molecule has 0 radical (unpaired) electrons. The lowest BCUT2D eigenvalue weighted by atomic mass is 9.85. The number of anilines is 1. The summed E-state index contributed by atoms with van der Waals surface area (Å²) in [5.74, 6) is 0.634. The fourth-order valence-corrected chi connectivity index (χ4v) is 3.65. The zero-order chi connectivity index (χ0) is 24.1. The first-order valence-corrected chi connectivity index (χ1v) is 11.9. The molecule has 33 heavy (non-hydrogen) atoms. The van der Waals surface area contributed by atoms with Gasteiger partial charge in [-0.1, -0.05) is 58.0 Å². The van der Waals surface area contributed by atoms with Gasteiger partial charge in [-0.25, -0.2) is 0 Å². The molecule has 0 saturated heterocycles. The molecular formula is C27H39N3O3. The number of hydrogen-bond acceptors (Lipinski definition) is 4. The number of ether oxygens (including phenoxy) is 1. The highest BCUT2D eigenvalue weighted by Gasteiger charge is 2.25. The van der Waals surface area contributed by atoms with Crippen LogP contribution in [0.2, 0.25) is 0 Å². The molecule has 6 heteroatoms. The Balaban J connectivity index is 1.71. The highest BCUT2D eigenvalue weighted by atomic mass is 16.5. The van der Waals surface area contributed by atoms with E-state index >= 15 is 0 Å². The number of carbonyl (C=O) groups is 2. The van der Waals surface area contributed by atoms with E-state index in [0.29, 0.717) is 25.3 Å². The SMILES string of the molecule is CCN(CC)CCCNC(=O)CC(C)(C)CC(=O)Nc1ccc(OCc2ccccc2)cc1. The molecule has 0 fully saturated rings. The van der Waals surface area contributed by atoms with Crippen molar-refractivity contribution in [3.05, 3.63) is 60.2 Å². The first-order chi connectivity index (χ1) is 15.8. The second-order valence-electron chi connectivity index (χ2n) is 9.09. The van der Waals surface area contributed by atoms with Crippen LogP contribution in [0.4, 0.5) is 5.69 Å². The molecule has 0 aliphatic carbocycles. The monoisotopic (exact) mass is 453 g/mol. The third-order valence-corrected chi connectivity index (χ3v) is 5.53. The van der Waals surface area contributed by atoms with Crippen LogP contribution in [-0.2, 0) is 16.2 Å². The number of rotatable bonds is 14. The summed E-state index contributed by atoms with van der Waals surface area (Å²) in [5.41, 5.74) is 1.39. The summed E-state index contributed by atoms with van der Waals surface area (Å²) in [4.78, 5) is 27.2. The highest BCUT2D eigenvalue weighted by molar-refractivity contribution is 5.91. The van der Waals surface area contributed by atoms with Gasteiger partial charge in [0.2, 0.25) is 11.8 Å². The predicted octanol–water partition coefficient (Wildman–Crippen LogP) is 4.86. The number of nitrogens with one attached hydrogen (secondary N) is 2. The smallest absolute Gasteiger partial charge is 0.224 e. The summed E-state index contributed by atoms with van der Waals surface area (Å²) in [5, 5.41) is 5.90. The molecule has 0 heterocycles. The molecule has 0 aromatic heterocycles. The second-order valence-corrected chi connectivity index (χ2v) is 9.09. The van der Waals surface area contributed by atoms with Crippen LogP contribution in [0.5, 0.6) is 5.75 Å². The molecule has 0 aliphatic rings. The van der Waals surface area contributed by atoms with Crippen molar-refractivity contribution in [2.75, 3.05) is 31.5 Å². The maximum atomic E-state index is 12.5. The van der Waals surface area contributed by atoms with E-state index in [-0.39, 0.29) is 18.2 Å². The molecule has 2 aromatic rings. The fourth-order valence-electron chi connectivity index (χ4n) is 3.65. The van der Waals surface area contributed by atoms with E-state index in [1.54, 1.807) is 0 Å². The van der Waals surface area contributed by atoms with Gasteiger partial charge in [0.25, 0.3) is 0 Å². The van der Waals surface area contributed by atoms with Gasteiger partial charge in [-0.05, 0) is 61.3 Å². The van der Waals surface area contributed by atoms with E-state index in [4.69, 9.17) is 4.74 Å². The third kappa shape index (κ3) is 10.5. The average Bonchev–Trinajstić information content (AvgIpc) is 2.78. The molecule has 6 nitrogen and oxygen atoms in total. The van der Waals surface area contributed by atoms with Gasteiger partial charge in [0.1, 0.15) is 12.4 Å². The Labute approximate surface area is 198 Å². The van der Waals surface area contributed by atoms with Crippen molar-refractivity contribution >= 4 is 17.5 Å². The average molecular weight is 454 g/mol. The normalized spacial score (nSPS) is 11.3. The maximum absolute atomic E-state index is 12.5. The van der Waals surface area contributed by atoms with Gasteiger partial charge in [0, 0.05) is 25.1 Å². The molecular weight excluding hydrogens is 414 g/mol. The van der Waals surface area contributed by atoms with Gasteiger partial charge in [-0.2, -0.15) is 0 Å². The molecule has 0 spiro atoms. The third-order valence-electron chi connectivity index (χ3n) is 5.53. The van der Waals surface area contributed by atoms with Crippen LogP contribution in [0.25, 0.3) is 0 Å². The molecule has 0 atom stereocenters. The molecule has 2 N–H and O–H groups in total. The molecule has 0 unspecified atom stereocenters. The van der Waals surface area contributed by atoms with E-state index in [0.717, 1.165) is 37.4 Å². The highest BCUT2D eigenvalue weighted by Crippen LogP contribution is 2.26. The summed E-state index contributed by atoms with van der Waals surface area (Å²) >= 11 is 0. The Bertz CT molecular complexity index is 847. The molecule has 0 bridgehead atoms. The lowest BCUT2D eigenvalue weighted by molar-refractivity contribution is -0.124. The minimum atomic E-state index is -0.425. The predicted molar refractivity (Wildman–Crippen MR) is 134 cm³/mol. The van der Waals surface area contributed by atoms with Crippen molar-refractivity contribution in [1.29, 1.82) is 0 Å². The molecule has 0 saturated carbocycles. The van der Waals surface area contributed by atoms with Gasteiger partial charge >= 0.3 is 0 Å². The summed E-state index contributed by atoms with van der Waals surface area (Å²) in [6.45, 7) is 12.4. The second kappa shape index (κ2) is 13.6. The Morgan fingerprint density at radius 2 is 1.55 bits per heavy atom. The number of nitrogens with zero attached hydrogens (tertiary/aromatic N) is 1. The van der Waals surface area contributed by atoms with Gasteiger partial charge in [-0.3, -0.25) is 9.59 Å². The van der Waals surface area contributed by atoms with Crippen LogP contribution < -0.4 is 15.4 Å². The van der Waals surface area contributed by atoms with Gasteiger partial charge in [0.05, 0.1) is 0 Å². The van der Waals surface area contributed by atoms with Crippen molar-refractivity contribution in [3.8, 4) is 5.75 Å². The van der Waals surface area contributed by atoms with Gasteiger partial charge in [0.15, 0.2) is 0 Å². The van der Waals surface area contributed by atoms with Crippen molar-refractivity contribution < 1.29 is 14.3 Å². The van der Waals surface area contributed by atoms with Crippen LogP contribution in [0.3, 0.4) is 0 Å². The number of benzene rings is 2. The van der Waals surface area contributed by atoms with Crippen molar-refractivity contribution in [2.24, 2.45) is 5.41 Å². The lowest BCUT2D eigenvalue weighted by Crippen LogP contribution is -2.33. The van der Waals surface area contributed by atoms with E-state index in [1.165, 1.54) is 0 Å². The quantitative estimate of drug-likeness (QED) is 0.401. The molecule has 2 aromatic carbocycles. The van der Waals surface area contributed by atoms with E-state index in [1.807, 2.05) is 68.4 Å². The summed E-state index contributed by atoms with van der Waals surface area (Å²) in [7, 11) is 0. The van der Waals surface area contributed by atoms with Crippen molar-refractivity contribution in [3.63, 3.8) is 0 Å². The Hall–Kier alpha value is -2.86. The summed E-state index contributed by atoms with van der Waals surface area (Å²) in [6.07, 6.45) is 1.52. The standard InChI is InChI=1S/C27H39N3O3/c1-5-30(6-2)18-10-17-28-25(31)19-27(3,4)20-26(32)29-23-13-15-24(16-14-23)33-21-22-11-8-7-9-12-22/h7-9,11-16H,5-6,10,17-21H2,1-4H3,(H,28,31)(H,29,32). The zero-order valence-electron chi connectivity index (χ0n) is 20.5. The van der Waals surface area contributed by atoms with Crippen LogP contribution >= 0.6 is 0 Å². The number of carbonyl (C=O) groups excluding carboxylic acids is 2. The Kier molecular flexibility index (Phi) is 10.9. The largest absolute Gasteiger partial charge is 0.489 e. The van der Waals surface area contributed by atoms with Gasteiger partial charge in [-0.15, -0.1) is 0 Å². The van der Waals surface area contributed by atoms with Crippen LogP contribution in [0, 0.1) is 5.41 Å². The number of hydrogen-bond donors (Lipinski definition) is 2. The van der Waals surface area contributed by atoms with Crippen LogP contribution in [0.15, 0.2) is 54.6 Å². The summed E-state index contributed by atoms with van der Waals surface area (Å²) < 4.78 is 5.78. The minimum absolute atomic E-state index is 0.00716. The Morgan fingerprint density at radius 1 is 0.909 bits per heavy atom. The molecule has 0 aliphatic heterocycles. The van der Waals surface area contributed by atoms with Gasteiger partial charge < -0.3 is 20.3 Å². The lowest BCUT2D eigenvalue weighted by Gasteiger charge is -2.23. The molecule has 2 amide bonds. The van der Waals surface area contributed by atoms with Crippen LogP contribution in [-0.4, -0.2) is 42.9 Å². The molecule has 2 rings (SSSR count). The van der Waals surface area contributed by atoms with E-state index < -0.39 is 5.41 Å². The molecule has 180 valence electrons. The zero-order valence-corrected chi connectivity index (χ0v) is 20.5. The first-order valence-electron chi connectivity index (χ1n) is 11.9. The maximum Gasteiger partial charge on any atom is 0.224 e. The van der Waals surface area contributed by atoms with E-state index in [2.05, 4.69) is 29.4 Å². The Morgan fingerprint density at radius 3 is 2.18 bits per heavy atom. The van der Waals surface area contributed by atoms with Crippen LogP contribution in [0.1, 0.15) is 52.5 Å². The topological polar surface area (TPSA) is 70.7 Å². The minimum Gasteiger partial charge on any atom is -0.489 e. The summed E-state index contributed by atoms with van der Waals surface area (Å²) in [6, 6.07) is 17.3.